The molecule has 41 heavy (non-hydrogen) atoms. The number of carbonyl (C=O) groups excluding carboxylic acids is 3. The van der Waals surface area contributed by atoms with Gasteiger partial charge in [0.05, 0.1) is 11.6 Å². The van der Waals surface area contributed by atoms with Crippen LogP contribution < -0.4 is 0 Å². The summed E-state index contributed by atoms with van der Waals surface area (Å²) in [5.74, 6) is -0.296. The molecule has 1 aromatic heterocycles. The second-order valence-electron chi connectivity index (χ2n) is 11.4. The summed E-state index contributed by atoms with van der Waals surface area (Å²) in [6, 6.07) is 0.282. The molecule has 0 N–H and O–H groups in total. The van der Waals surface area contributed by atoms with Crippen LogP contribution in [-0.4, -0.2) is 78.8 Å². The molecule has 0 amide bonds. The van der Waals surface area contributed by atoms with E-state index in [9.17, 15) is 14.4 Å². The first-order valence-electron chi connectivity index (χ1n) is 15.4. The van der Waals surface area contributed by atoms with E-state index in [0.29, 0.717) is 5.92 Å². The number of aldehydes is 1. The minimum absolute atomic E-state index is 0.0856. The van der Waals surface area contributed by atoms with Gasteiger partial charge in [0.2, 0.25) is 6.29 Å². The molecule has 0 aromatic carbocycles. The molecule has 0 saturated carbocycles. The van der Waals surface area contributed by atoms with Gasteiger partial charge in [-0.15, -0.1) is 0 Å². The van der Waals surface area contributed by atoms with Gasteiger partial charge in [0.15, 0.2) is 0 Å². The molecule has 230 valence electrons. The molecule has 8 nitrogen and oxygen atoms in total. The van der Waals surface area contributed by atoms with Crippen LogP contribution in [0.2, 0.25) is 0 Å². The number of ether oxygens (including phenoxy) is 2. The maximum absolute atomic E-state index is 13.0. The first-order valence-corrected chi connectivity index (χ1v) is 15.4. The van der Waals surface area contributed by atoms with Gasteiger partial charge >= 0.3 is 12.1 Å². The highest BCUT2D eigenvalue weighted by Crippen LogP contribution is 2.40. The molecule has 1 fully saturated rings. The van der Waals surface area contributed by atoms with Crippen LogP contribution in [0.25, 0.3) is 6.08 Å². The van der Waals surface area contributed by atoms with Crippen molar-refractivity contribution in [3.05, 3.63) is 40.7 Å². The Hall–Kier alpha value is -2.71. The molecule has 1 aromatic rings. The Kier molecular flexibility index (Phi) is 14.0. The van der Waals surface area contributed by atoms with Crippen molar-refractivity contribution < 1.29 is 23.9 Å². The van der Waals surface area contributed by atoms with E-state index < -0.39 is 18.4 Å². The van der Waals surface area contributed by atoms with E-state index in [4.69, 9.17) is 9.47 Å². The van der Waals surface area contributed by atoms with Crippen molar-refractivity contribution in [2.45, 2.75) is 92.9 Å². The molecule has 1 saturated heterocycles. The number of fused-ring (bicyclic) bond motifs is 3. The number of carbonyl (C=O) groups is 3. The van der Waals surface area contributed by atoms with E-state index in [1.54, 1.807) is 20.8 Å². The van der Waals surface area contributed by atoms with E-state index >= 15 is 0 Å². The van der Waals surface area contributed by atoms with Gasteiger partial charge in [-0.05, 0) is 89.0 Å². The summed E-state index contributed by atoms with van der Waals surface area (Å²) < 4.78 is 12.1. The minimum atomic E-state index is -0.965. The maximum atomic E-state index is 13.0. The average Bonchev–Trinajstić information content (AvgIpc) is 3.11. The fourth-order valence-corrected chi connectivity index (χ4v) is 5.66. The van der Waals surface area contributed by atoms with Crippen LogP contribution in [0, 0.1) is 17.8 Å². The number of allylic oxidation sites excluding steroid dienone is 2. The van der Waals surface area contributed by atoms with Crippen molar-refractivity contribution >= 4 is 24.4 Å². The Morgan fingerprint density at radius 1 is 1.17 bits per heavy atom. The Morgan fingerprint density at radius 2 is 1.88 bits per heavy atom. The van der Waals surface area contributed by atoms with Crippen molar-refractivity contribution in [3.63, 3.8) is 0 Å². The van der Waals surface area contributed by atoms with Crippen LogP contribution in [0.4, 0.5) is 4.79 Å². The summed E-state index contributed by atoms with van der Waals surface area (Å²) in [6.07, 6.45) is 12.1. The first kappa shape index (κ1) is 34.5. The van der Waals surface area contributed by atoms with Gasteiger partial charge in [-0.2, -0.15) is 0 Å². The Bertz CT molecular complexity index is 1070. The Labute approximate surface area is 247 Å². The number of rotatable bonds is 7. The molecule has 4 atom stereocenters. The number of hydrogen-bond acceptors (Lipinski definition) is 7. The number of esters is 1. The van der Waals surface area contributed by atoms with Crippen molar-refractivity contribution in [2.75, 3.05) is 33.7 Å². The third kappa shape index (κ3) is 9.14. The summed E-state index contributed by atoms with van der Waals surface area (Å²) in [5, 5.41) is 0. The zero-order valence-corrected chi connectivity index (χ0v) is 26.8. The molecular formula is C33H53N3O5. The van der Waals surface area contributed by atoms with Gasteiger partial charge in [0.25, 0.3) is 0 Å². The van der Waals surface area contributed by atoms with Crippen LogP contribution in [0.1, 0.15) is 84.5 Å². The molecule has 8 heteroatoms. The van der Waals surface area contributed by atoms with Gasteiger partial charge in [-0.25, -0.2) is 4.79 Å². The predicted octanol–water partition coefficient (Wildman–Crippen LogP) is 5.97. The van der Waals surface area contributed by atoms with Crippen LogP contribution in [-0.2, 0) is 31.9 Å². The fourth-order valence-electron chi connectivity index (χ4n) is 5.66. The lowest BCUT2D eigenvalue weighted by Crippen LogP contribution is -2.38. The lowest BCUT2D eigenvalue weighted by molar-refractivity contribution is -0.168. The molecular weight excluding hydrogens is 518 g/mol. The topological polar surface area (TPSA) is 81.1 Å². The standard InChI is InChI=1S/C25H32N2O5.C6H15N.C2H6/c1-15(2)24(29)31-16(3)32-25(30)27-13-19-12-23-20(10-17(14-28)8-9-26(23)4)18-6-5-7-22(27)21(19)11-18;1-4-6-7(3)5-2;1-2/h5-7,13-17,20,23H,8-12H2,1-4H3;4-6H2,1-3H3;1-2H3/t16?,17-,20?,23+;;/m0../s1. The Morgan fingerprint density at radius 3 is 2.46 bits per heavy atom. The van der Waals surface area contributed by atoms with Crippen molar-refractivity contribution in [3.8, 4) is 0 Å². The van der Waals surface area contributed by atoms with Crippen LogP contribution in [0.5, 0.6) is 0 Å². The smallest absolute Gasteiger partial charge is 0.421 e. The van der Waals surface area contributed by atoms with Gasteiger partial charge in [0, 0.05) is 25.1 Å². The zero-order chi connectivity index (χ0) is 30.7. The van der Waals surface area contributed by atoms with E-state index in [1.165, 1.54) is 29.7 Å². The molecule has 0 radical (unpaired) electrons. The summed E-state index contributed by atoms with van der Waals surface area (Å²) in [7, 11) is 4.27. The number of likely N-dealkylation sites (tertiary alicyclic amines) is 1. The van der Waals surface area contributed by atoms with E-state index in [2.05, 4.69) is 43.8 Å². The number of likely N-dealkylation sites (N-methyl/N-ethyl adjacent to an activating group) is 1. The molecule has 4 rings (SSSR count). The van der Waals surface area contributed by atoms with E-state index in [1.807, 2.05) is 32.2 Å². The molecule has 3 aliphatic rings. The minimum Gasteiger partial charge on any atom is -0.425 e. The first-order chi connectivity index (χ1) is 19.6. The zero-order valence-electron chi connectivity index (χ0n) is 26.8. The highest BCUT2D eigenvalue weighted by molar-refractivity contribution is 5.78. The normalized spacial score (nSPS) is 21.9. The monoisotopic (exact) mass is 571 g/mol. The van der Waals surface area contributed by atoms with Crippen LogP contribution in [0.15, 0.2) is 23.9 Å². The summed E-state index contributed by atoms with van der Waals surface area (Å²) in [4.78, 5) is 41.0. The average molecular weight is 572 g/mol. The lowest BCUT2D eigenvalue weighted by Gasteiger charge is -2.32. The van der Waals surface area contributed by atoms with E-state index in [-0.39, 0.29) is 17.9 Å². The van der Waals surface area contributed by atoms with Crippen molar-refractivity contribution in [1.82, 2.24) is 14.4 Å². The highest BCUT2D eigenvalue weighted by Gasteiger charge is 2.38. The van der Waals surface area contributed by atoms with Gasteiger partial charge in [-0.1, -0.05) is 59.3 Å². The third-order valence-corrected chi connectivity index (χ3v) is 8.09. The lowest BCUT2D eigenvalue weighted by atomic mass is 9.82. The number of nitrogens with zero attached hydrogens (tertiary/aromatic N) is 3. The quantitative estimate of drug-likeness (QED) is 0.227. The number of aromatic nitrogens is 1. The maximum Gasteiger partial charge on any atom is 0.421 e. The van der Waals surface area contributed by atoms with Crippen molar-refractivity contribution in [2.24, 2.45) is 17.8 Å². The fraction of sp³-hybridized carbons (Fsp3) is 0.667. The van der Waals surface area contributed by atoms with E-state index in [0.717, 1.165) is 55.3 Å². The predicted molar refractivity (Wildman–Crippen MR) is 165 cm³/mol. The van der Waals surface area contributed by atoms with Gasteiger partial charge in [0.1, 0.15) is 6.29 Å². The van der Waals surface area contributed by atoms with Crippen molar-refractivity contribution in [1.29, 1.82) is 0 Å². The second-order valence-corrected chi connectivity index (χ2v) is 11.4. The number of hydrogen-bond donors (Lipinski definition) is 0. The molecule has 1 aliphatic heterocycles. The molecule has 2 bridgehead atoms. The summed E-state index contributed by atoms with van der Waals surface area (Å²) in [6.45, 7) is 16.7. The highest BCUT2D eigenvalue weighted by atomic mass is 16.7. The SMILES string of the molecule is CC.CC(OC(=O)C(C)C)OC(=O)n1cc2c3c1C=CC=C(C3)C1C[C@@H](C=O)CCN(C)[C@@H]1C2.CCCN(C)CC. The van der Waals surface area contributed by atoms with Gasteiger partial charge in [-0.3, -0.25) is 9.36 Å². The molecule has 2 unspecified atom stereocenters. The summed E-state index contributed by atoms with van der Waals surface area (Å²) in [5.41, 5.74) is 4.39. The molecule has 2 aliphatic carbocycles. The third-order valence-electron chi connectivity index (χ3n) is 8.09. The van der Waals surface area contributed by atoms with Crippen LogP contribution in [0.3, 0.4) is 0 Å². The molecule has 0 spiro atoms. The van der Waals surface area contributed by atoms with Gasteiger partial charge < -0.3 is 24.1 Å². The summed E-state index contributed by atoms with van der Waals surface area (Å²) >= 11 is 0. The second kappa shape index (κ2) is 16.7. The van der Waals surface area contributed by atoms with Crippen LogP contribution >= 0.6 is 0 Å². The Balaban J connectivity index is 0.000000573. The molecule has 2 heterocycles. The largest absolute Gasteiger partial charge is 0.425 e.